The summed E-state index contributed by atoms with van der Waals surface area (Å²) in [6.07, 6.45) is 1.92. The molecule has 5 nitrogen and oxygen atoms in total. The average Bonchev–Trinajstić information content (AvgIpc) is 2.37. The summed E-state index contributed by atoms with van der Waals surface area (Å²) < 4.78 is 5.45. The molecule has 0 aliphatic carbocycles. The molecule has 0 amide bonds. The van der Waals surface area contributed by atoms with Crippen molar-refractivity contribution in [2.75, 3.05) is 32.8 Å². The van der Waals surface area contributed by atoms with E-state index in [1.165, 1.54) is 0 Å². The van der Waals surface area contributed by atoms with Crippen LogP contribution in [0.5, 0.6) is 0 Å². The van der Waals surface area contributed by atoms with Crippen LogP contribution >= 0.6 is 0 Å². The number of hydrogen-bond acceptors (Lipinski definition) is 4. The molecule has 0 aromatic heterocycles. The average molecular weight is 258 g/mol. The van der Waals surface area contributed by atoms with Gasteiger partial charge in [0.2, 0.25) is 0 Å². The Morgan fingerprint density at radius 2 is 2.28 bits per heavy atom. The molecule has 1 saturated heterocycles. The maximum atomic E-state index is 11.5. The van der Waals surface area contributed by atoms with E-state index >= 15 is 0 Å². The first-order valence-electron chi connectivity index (χ1n) is 6.83. The minimum Gasteiger partial charge on any atom is -0.480 e. The molecule has 1 aliphatic rings. The molecule has 2 unspecified atom stereocenters. The Hall–Kier alpha value is -0.650. The van der Waals surface area contributed by atoms with Gasteiger partial charge in [-0.05, 0) is 26.3 Å². The van der Waals surface area contributed by atoms with Gasteiger partial charge in [0.1, 0.15) is 5.54 Å². The van der Waals surface area contributed by atoms with E-state index in [1.54, 1.807) is 6.92 Å². The van der Waals surface area contributed by atoms with Crippen LogP contribution in [0.2, 0.25) is 0 Å². The number of nitrogens with one attached hydrogen (secondary N) is 1. The molecule has 0 aromatic carbocycles. The van der Waals surface area contributed by atoms with Crippen LogP contribution in [-0.4, -0.2) is 60.4 Å². The third-order valence-electron chi connectivity index (χ3n) is 3.58. The topological polar surface area (TPSA) is 61.8 Å². The highest BCUT2D eigenvalue weighted by atomic mass is 16.5. The summed E-state index contributed by atoms with van der Waals surface area (Å²) in [4.78, 5) is 13.7. The van der Waals surface area contributed by atoms with E-state index in [1.807, 2.05) is 6.92 Å². The molecule has 2 atom stereocenters. The maximum Gasteiger partial charge on any atom is 0.324 e. The number of carboxylic acids is 1. The Labute approximate surface area is 109 Å². The fourth-order valence-corrected chi connectivity index (χ4v) is 2.28. The second-order valence-corrected chi connectivity index (χ2v) is 5.17. The van der Waals surface area contributed by atoms with Crippen molar-refractivity contribution in [2.45, 2.75) is 45.2 Å². The van der Waals surface area contributed by atoms with Gasteiger partial charge in [0, 0.05) is 19.1 Å². The predicted molar refractivity (Wildman–Crippen MR) is 70.8 cm³/mol. The molecule has 0 bridgehead atoms. The zero-order valence-corrected chi connectivity index (χ0v) is 11.7. The summed E-state index contributed by atoms with van der Waals surface area (Å²) in [7, 11) is 0. The summed E-state index contributed by atoms with van der Waals surface area (Å²) >= 11 is 0. The lowest BCUT2D eigenvalue weighted by Crippen LogP contribution is -2.60. The van der Waals surface area contributed by atoms with Crippen molar-refractivity contribution in [1.82, 2.24) is 10.2 Å². The SMILES string of the molecule is CCCNC(C)(CN1CCOCC1CC)C(=O)O. The second-order valence-electron chi connectivity index (χ2n) is 5.17. The van der Waals surface area contributed by atoms with E-state index in [4.69, 9.17) is 4.74 Å². The molecule has 2 N–H and O–H groups in total. The second kappa shape index (κ2) is 7.07. The first kappa shape index (κ1) is 15.4. The van der Waals surface area contributed by atoms with Gasteiger partial charge < -0.3 is 15.2 Å². The van der Waals surface area contributed by atoms with Crippen LogP contribution in [0.15, 0.2) is 0 Å². The number of carbonyl (C=O) groups is 1. The van der Waals surface area contributed by atoms with Crippen molar-refractivity contribution in [3.8, 4) is 0 Å². The zero-order valence-electron chi connectivity index (χ0n) is 11.7. The summed E-state index contributed by atoms with van der Waals surface area (Å²) in [6.45, 7) is 9.40. The van der Waals surface area contributed by atoms with E-state index in [0.717, 1.165) is 25.9 Å². The van der Waals surface area contributed by atoms with Gasteiger partial charge >= 0.3 is 5.97 Å². The van der Waals surface area contributed by atoms with Crippen molar-refractivity contribution in [2.24, 2.45) is 0 Å². The normalized spacial score (nSPS) is 24.7. The largest absolute Gasteiger partial charge is 0.480 e. The lowest BCUT2D eigenvalue weighted by atomic mass is 9.99. The number of ether oxygens (including phenoxy) is 1. The Morgan fingerprint density at radius 3 is 2.83 bits per heavy atom. The first-order valence-corrected chi connectivity index (χ1v) is 6.83. The van der Waals surface area contributed by atoms with Gasteiger partial charge in [-0.25, -0.2) is 0 Å². The minimum atomic E-state index is -0.874. The highest BCUT2D eigenvalue weighted by molar-refractivity contribution is 5.78. The highest BCUT2D eigenvalue weighted by Crippen LogP contribution is 2.15. The Balaban J connectivity index is 2.66. The zero-order chi connectivity index (χ0) is 13.6. The highest BCUT2D eigenvalue weighted by Gasteiger charge is 2.36. The summed E-state index contributed by atoms with van der Waals surface area (Å²) in [6, 6.07) is 0.334. The molecule has 1 aliphatic heterocycles. The van der Waals surface area contributed by atoms with Crippen molar-refractivity contribution >= 4 is 5.97 Å². The molecular formula is C13H26N2O3. The van der Waals surface area contributed by atoms with E-state index < -0.39 is 11.5 Å². The molecule has 18 heavy (non-hydrogen) atoms. The molecule has 0 spiro atoms. The fraction of sp³-hybridized carbons (Fsp3) is 0.923. The fourth-order valence-electron chi connectivity index (χ4n) is 2.28. The Bertz CT molecular complexity index is 273. The van der Waals surface area contributed by atoms with Crippen LogP contribution in [0.1, 0.15) is 33.6 Å². The number of rotatable bonds is 7. The van der Waals surface area contributed by atoms with Crippen molar-refractivity contribution in [1.29, 1.82) is 0 Å². The van der Waals surface area contributed by atoms with E-state index in [2.05, 4.69) is 17.1 Å². The molecule has 1 heterocycles. The Morgan fingerprint density at radius 1 is 1.56 bits per heavy atom. The number of morpholine rings is 1. The lowest BCUT2D eigenvalue weighted by molar-refractivity contribution is -0.146. The molecular weight excluding hydrogens is 232 g/mol. The lowest BCUT2D eigenvalue weighted by Gasteiger charge is -2.40. The van der Waals surface area contributed by atoms with Crippen molar-refractivity contribution in [3.05, 3.63) is 0 Å². The standard InChI is InChI=1S/C13H26N2O3/c1-4-6-14-13(3,12(16)17)10-15-7-8-18-9-11(15)5-2/h11,14H,4-10H2,1-3H3,(H,16,17). The molecule has 0 saturated carbocycles. The van der Waals surface area contributed by atoms with Crippen LogP contribution in [0, 0.1) is 0 Å². The molecule has 0 radical (unpaired) electrons. The van der Waals surface area contributed by atoms with E-state index in [0.29, 0.717) is 25.8 Å². The van der Waals surface area contributed by atoms with E-state index in [9.17, 15) is 9.90 Å². The number of aliphatic carboxylic acids is 1. The first-order chi connectivity index (χ1) is 8.53. The van der Waals surface area contributed by atoms with Crippen LogP contribution in [0.4, 0.5) is 0 Å². The third-order valence-corrected chi connectivity index (χ3v) is 3.58. The van der Waals surface area contributed by atoms with Crippen LogP contribution < -0.4 is 5.32 Å². The van der Waals surface area contributed by atoms with Gasteiger partial charge in [0.25, 0.3) is 0 Å². The predicted octanol–water partition coefficient (Wildman–Crippen LogP) is 0.940. The van der Waals surface area contributed by atoms with Gasteiger partial charge in [-0.15, -0.1) is 0 Å². The smallest absolute Gasteiger partial charge is 0.324 e. The van der Waals surface area contributed by atoms with Crippen molar-refractivity contribution in [3.63, 3.8) is 0 Å². The molecule has 106 valence electrons. The van der Waals surface area contributed by atoms with Gasteiger partial charge in [-0.2, -0.15) is 0 Å². The maximum absolute atomic E-state index is 11.5. The third kappa shape index (κ3) is 3.93. The van der Waals surface area contributed by atoms with Crippen LogP contribution in [0.25, 0.3) is 0 Å². The van der Waals surface area contributed by atoms with Crippen LogP contribution in [0.3, 0.4) is 0 Å². The summed E-state index contributed by atoms with van der Waals surface area (Å²) in [5.74, 6) is -0.780. The molecule has 5 heteroatoms. The number of nitrogens with zero attached hydrogens (tertiary/aromatic N) is 1. The summed E-state index contributed by atoms with van der Waals surface area (Å²) in [5.41, 5.74) is -0.874. The quantitative estimate of drug-likeness (QED) is 0.711. The number of carboxylic acid groups (broad SMARTS) is 1. The van der Waals surface area contributed by atoms with Gasteiger partial charge in [0.05, 0.1) is 13.2 Å². The van der Waals surface area contributed by atoms with Gasteiger partial charge in [0.15, 0.2) is 0 Å². The van der Waals surface area contributed by atoms with Gasteiger partial charge in [-0.3, -0.25) is 9.69 Å². The molecule has 1 rings (SSSR count). The number of hydrogen-bond donors (Lipinski definition) is 2. The van der Waals surface area contributed by atoms with Gasteiger partial charge in [-0.1, -0.05) is 13.8 Å². The summed E-state index contributed by atoms with van der Waals surface area (Å²) in [5, 5.41) is 12.6. The van der Waals surface area contributed by atoms with Crippen molar-refractivity contribution < 1.29 is 14.6 Å². The van der Waals surface area contributed by atoms with Crippen LogP contribution in [-0.2, 0) is 9.53 Å². The monoisotopic (exact) mass is 258 g/mol. The van der Waals surface area contributed by atoms with E-state index in [-0.39, 0.29) is 0 Å². The Kier molecular flexibility index (Phi) is 6.05. The molecule has 1 fully saturated rings. The molecule has 0 aromatic rings. The minimum absolute atomic E-state index is 0.334.